The van der Waals surface area contributed by atoms with Gasteiger partial charge in [0.05, 0.1) is 5.52 Å². The maximum Gasteiger partial charge on any atom is 0.311 e. The minimum Gasteiger partial charge on any atom is -0.493 e. The highest BCUT2D eigenvalue weighted by atomic mass is 79.9. The van der Waals surface area contributed by atoms with Crippen molar-refractivity contribution in [2.75, 3.05) is 6.79 Å². The van der Waals surface area contributed by atoms with Gasteiger partial charge in [0.25, 0.3) is 5.91 Å². The largest absolute Gasteiger partial charge is 0.493 e. The lowest BCUT2D eigenvalue weighted by molar-refractivity contribution is -0.115. The average molecular weight is 533 g/mol. The number of rotatable bonds is 5. The van der Waals surface area contributed by atoms with Gasteiger partial charge in [-0.05, 0) is 54.1 Å². The smallest absolute Gasteiger partial charge is 0.311 e. The fourth-order valence-corrected chi connectivity index (χ4v) is 3.85. The summed E-state index contributed by atoms with van der Waals surface area (Å²) in [6.45, 7) is 0.109. The molecule has 0 saturated heterocycles. The topological polar surface area (TPSA) is 125 Å². The first-order valence-electron chi connectivity index (χ1n) is 10.4. The molecular weight excluding hydrogens is 516 g/mol. The molecule has 4 aromatic rings. The Kier molecular flexibility index (Phi) is 6.02. The average Bonchev–Trinajstić information content (AvgIpc) is 3.45. The highest BCUT2D eigenvalue weighted by Gasteiger charge is 2.18. The molecule has 0 unspecified atom stereocenters. The van der Waals surface area contributed by atoms with E-state index in [2.05, 4.69) is 36.5 Å². The zero-order valence-electron chi connectivity index (χ0n) is 18.0. The van der Waals surface area contributed by atoms with Crippen LogP contribution in [0, 0.1) is 0 Å². The van der Waals surface area contributed by atoms with Gasteiger partial charge in [0, 0.05) is 15.4 Å². The standard InChI is InChI=1S/C25H17BrN4O5/c26-16-7-8-18-17(12-16)22(25(33)27-18)29-30-24(32)19(28-23(31)15-4-2-1-3-5-15)10-14-6-9-20-21(11-14)35-13-34-20/h1-12,27,33H,13H2,(H,28,31)/b19-10+,30-29?. The summed E-state index contributed by atoms with van der Waals surface area (Å²) >= 11 is 3.38. The van der Waals surface area contributed by atoms with E-state index in [4.69, 9.17) is 9.47 Å². The molecule has 3 aromatic carbocycles. The molecule has 0 bridgehead atoms. The molecule has 0 radical (unpaired) electrons. The number of aromatic nitrogens is 1. The Morgan fingerprint density at radius 3 is 2.66 bits per heavy atom. The van der Waals surface area contributed by atoms with Crippen LogP contribution < -0.4 is 14.8 Å². The fourth-order valence-electron chi connectivity index (χ4n) is 3.49. The number of benzene rings is 3. The molecule has 1 aliphatic rings. The highest BCUT2D eigenvalue weighted by molar-refractivity contribution is 9.10. The molecule has 2 amide bonds. The van der Waals surface area contributed by atoms with E-state index in [0.29, 0.717) is 33.5 Å². The minimum absolute atomic E-state index is 0.103. The van der Waals surface area contributed by atoms with E-state index in [1.54, 1.807) is 66.7 Å². The van der Waals surface area contributed by atoms with Crippen LogP contribution in [-0.4, -0.2) is 28.7 Å². The number of fused-ring (bicyclic) bond motifs is 2. The van der Waals surface area contributed by atoms with Gasteiger partial charge in [0.2, 0.25) is 12.7 Å². The van der Waals surface area contributed by atoms with Crippen LogP contribution in [0.15, 0.2) is 87.1 Å². The van der Waals surface area contributed by atoms with E-state index >= 15 is 0 Å². The first-order chi connectivity index (χ1) is 17.0. The first kappa shape index (κ1) is 22.4. The van der Waals surface area contributed by atoms with Crippen molar-refractivity contribution in [3.63, 3.8) is 0 Å². The minimum atomic E-state index is -0.810. The number of aromatic hydroxyl groups is 1. The number of hydrogen-bond acceptors (Lipinski definition) is 6. The van der Waals surface area contributed by atoms with Crippen LogP contribution in [0.2, 0.25) is 0 Å². The SMILES string of the molecule is O=C(N=Nc1c(O)[nH]c2ccc(Br)cc12)/C(=C\c1ccc2c(c1)OCO2)NC(=O)c1ccccc1. The third-order valence-corrected chi connectivity index (χ3v) is 5.67. The van der Waals surface area contributed by atoms with E-state index in [-0.39, 0.29) is 24.1 Å². The van der Waals surface area contributed by atoms with Gasteiger partial charge in [-0.1, -0.05) is 40.2 Å². The van der Waals surface area contributed by atoms with Gasteiger partial charge in [0.15, 0.2) is 17.2 Å². The summed E-state index contributed by atoms with van der Waals surface area (Å²) in [5.41, 5.74) is 1.57. The molecule has 174 valence electrons. The van der Waals surface area contributed by atoms with Crippen LogP contribution in [0.5, 0.6) is 17.4 Å². The van der Waals surface area contributed by atoms with Crippen LogP contribution in [0.25, 0.3) is 17.0 Å². The lowest BCUT2D eigenvalue weighted by Crippen LogP contribution is -2.26. The molecule has 0 saturated carbocycles. The third kappa shape index (κ3) is 4.78. The summed E-state index contributed by atoms with van der Waals surface area (Å²) in [5, 5.41) is 21.2. The van der Waals surface area contributed by atoms with Crippen molar-refractivity contribution < 1.29 is 24.2 Å². The molecule has 10 heteroatoms. The number of hydrogen-bond donors (Lipinski definition) is 3. The molecule has 0 atom stereocenters. The zero-order chi connectivity index (χ0) is 24.4. The molecule has 9 nitrogen and oxygen atoms in total. The van der Waals surface area contributed by atoms with E-state index in [0.717, 1.165) is 4.47 Å². The van der Waals surface area contributed by atoms with Crippen molar-refractivity contribution in [3.8, 4) is 17.4 Å². The van der Waals surface area contributed by atoms with Gasteiger partial charge in [-0.25, -0.2) is 0 Å². The van der Waals surface area contributed by atoms with Crippen molar-refractivity contribution in [1.29, 1.82) is 0 Å². The van der Waals surface area contributed by atoms with Crippen molar-refractivity contribution in [2.45, 2.75) is 0 Å². The number of aromatic amines is 1. The number of halogens is 1. The Hall–Kier alpha value is -4.44. The predicted molar refractivity (Wildman–Crippen MR) is 132 cm³/mol. The van der Waals surface area contributed by atoms with Crippen molar-refractivity contribution in [2.24, 2.45) is 10.2 Å². The van der Waals surface area contributed by atoms with E-state index in [1.807, 2.05) is 0 Å². The number of H-pyrrole nitrogens is 1. The Balaban J connectivity index is 1.48. The van der Waals surface area contributed by atoms with Gasteiger partial charge in [0.1, 0.15) is 5.70 Å². The number of amides is 2. The van der Waals surface area contributed by atoms with E-state index in [9.17, 15) is 14.7 Å². The summed E-state index contributed by atoms with van der Waals surface area (Å²) in [4.78, 5) is 28.6. The molecule has 0 aliphatic carbocycles. The molecule has 5 rings (SSSR count). The summed E-state index contributed by atoms with van der Waals surface area (Å²) in [6, 6.07) is 18.9. The zero-order valence-corrected chi connectivity index (χ0v) is 19.6. The second kappa shape index (κ2) is 9.43. The van der Waals surface area contributed by atoms with E-state index < -0.39 is 11.8 Å². The lowest BCUT2D eigenvalue weighted by Gasteiger charge is -2.07. The van der Waals surface area contributed by atoms with Crippen LogP contribution in [0.1, 0.15) is 15.9 Å². The molecule has 0 fully saturated rings. The second-order valence-electron chi connectivity index (χ2n) is 7.51. The van der Waals surface area contributed by atoms with Crippen molar-refractivity contribution >= 4 is 50.4 Å². The third-order valence-electron chi connectivity index (χ3n) is 5.18. The molecule has 1 aromatic heterocycles. The molecule has 0 spiro atoms. The number of azo groups is 1. The lowest BCUT2D eigenvalue weighted by atomic mass is 10.1. The van der Waals surface area contributed by atoms with Crippen LogP contribution in [0.4, 0.5) is 5.69 Å². The molecule has 35 heavy (non-hydrogen) atoms. The van der Waals surface area contributed by atoms with E-state index in [1.165, 1.54) is 6.08 Å². The van der Waals surface area contributed by atoms with Gasteiger partial charge >= 0.3 is 5.91 Å². The number of nitrogens with zero attached hydrogens (tertiary/aromatic N) is 2. The Labute approximate surface area is 207 Å². The van der Waals surface area contributed by atoms with Crippen molar-refractivity contribution in [3.05, 3.63) is 88.0 Å². The first-order valence-corrected chi connectivity index (χ1v) is 11.2. The maximum atomic E-state index is 13.1. The van der Waals surface area contributed by atoms with Gasteiger partial charge < -0.3 is 24.9 Å². The molecular formula is C25H17BrN4O5. The number of carbonyl (C=O) groups excluding carboxylic acids is 2. The summed E-state index contributed by atoms with van der Waals surface area (Å²) < 4.78 is 11.5. The quantitative estimate of drug-likeness (QED) is 0.233. The van der Waals surface area contributed by atoms with Gasteiger partial charge in [-0.3, -0.25) is 9.59 Å². The Morgan fingerprint density at radius 2 is 1.83 bits per heavy atom. The number of ether oxygens (including phenoxy) is 2. The monoisotopic (exact) mass is 532 g/mol. The Morgan fingerprint density at radius 1 is 1.03 bits per heavy atom. The van der Waals surface area contributed by atoms with Crippen LogP contribution in [-0.2, 0) is 4.79 Å². The van der Waals surface area contributed by atoms with Crippen LogP contribution in [0.3, 0.4) is 0 Å². The normalized spacial score (nSPS) is 12.9. The predicted octanol–water partition coefficient (Wildman–Crippen LogP) is 5.45. The number of nitrogens with one attached hydrogen (secondary N) is 2. The van der Waals surface area contributed by atoms with Crippen molar-refractivity contribution in [1.82, 2.24) is 10.3 Å². The number of carbonyl (C=O) groups is 2. The fraction of sp³-hybridized carbons (Fsp3) is 0.0400. The second-order valence-corrected chi connectivity index (χ2v) is 8.42. The van der Waals surface area contributed by atoms with Crippen LogP contribution >= 0.6 is 15.9 Å². The maximum absolute atomic E-state index is 13.1. The Bertz CT molecular complexity index is 1510. The van der Waals surface area contributed by atoms with Gasteiger partial charge in [-0.2, -0.15) is 0 Å². The molecule has 3 N–H and O–H groups in total. The summed E-state index contributed by atoms with van der Waals surface area (Å²) in [5.74, 6) is -0.417. The molecule has 1 aliphatic heterocycles. The molecule has 2 heterocycles. The highest BCUT2D eigenvalue weighted by Crippen LogP contribution is 2.37. The summed E-state index contributed by atoms with van der Waals surface area (Å²) in [6.07, 6.45) is 1.47. The van der Waals surface area contributed by atoms with Gasteiger partial charge in [-0.15, -0.1) is 10.2 Å². The summed E-state index contributed by atoms with van der Waals surface area (Å²) in [7, 11) is 0.